The van der Waals surface area contributed by atoms with Gasteiger partial charge in [0.1, 0.15) is 17.6 Å². The molecule has 0 aliphatic heterocycles. The largest absolute Gasteiger partial charge is 0.396 e. The highest BCUT2D eigenvalue weighted by atomic mass is 16.5. The number of rotatable bonds is 6. The molecule has 1 aromatic carbocycles. The van der Waals surface area contributed by atoms with E-state index in [2.05, 4.69) is 22.0 Å². The van der Waals surface area contributed by atoms with E-state index in [9.17, 15) is 5.11 Å². The zero-order valence-electron chi connectivity index (χ0n) is 15.5. The normalized spacial score (nSPS) is 11.9. The Kier molecular flexibility index (Phi) is 6.07. The molecule has 0 radical (unpaired) electrons. The van der Waals surface area contributed by atoms with Crippen LogP contribution in [0.1, 0.15) is 48.5 Å². The summed E-state index contributed by atoms with van der Waals surface area (Å²) in [5, 5.41) is 22.7. The van der Waals surface area contributed by atoms with Gasteiger partial charge in [-0.15, -0.1) is 0 Å². The van der Waals surface area contributed by atoms with Gasteiger partial charge in [0, 0.05) is 42.6 Å². The van der Waals surface area contributed by atoms with Crippen LogP contribution in [0, 0.1) is 18.8 Å². The van der Waals surface area contributed by atoms with E-state index in [-0.39, 0.29) is 6.61 Å². The number of hydrogen-bond donors (Lipinski definition) is 2. The molecule has 2 aromatic heterocycles. The monoisotopic (exact) mass is 365 g/mol. The highest BCUT2D eigenvalue weighted by Crippen LogP contribution is 2.25. The topological polar surface area (TPSA) is 84.3 Å². The first-order valence-corrected chi connectivity index (χ1v) is 8.94. The molecule has 0 saturated carbocycles. The van der Waals surface area contributed by atoms with E-state index < -0.39 is 6.10 Å². The first-order valence-electron chi connectivity index (χ1n) is 8.94. The molecule has 2 N–H and O–H groups in total. The van der Waals surface area contributed by atoms with Gasteiger partial charge >= 0.3 is 0 Å². The molecular weight excluding hydrogens is 342 g/mol. The Labute approximate surface area is 158 Å². The third-order valence-corrected chi connectivity index (χ3v) is 4.20. The van der Waals surface area contributed by atoms with E-state index >= 15 is 0 Å². The lowest BCUT2D eigenvalue weighted by Gasteiger charge is -2.07. The quantitative estimate of drug-likeness (QED) is 0.518. The first-order chi connectivity index (χ1) is 13.1. The Balaban J connectivity index is 1.75. The summed E-state index contributed by atoms with van der Waals surface area (Å²) in [6, 6.07) is 7.86. The van der Waals surface area contributed by atoms with E-state index in [1.807, 2.05) is 42.0 Å². The molecule has 0 saturated heterocycles. The molecule has 0 aliphatic carbocycles. The van der Waals surface area contributed by atoms with Crippen LogP contribution in [0.5, 0.6) is 0 Å². The Bertz CT molecular complexity index is 960. The van der Waals surface area contributed by atoms with E-state index in [1.165, 1.54) is 0 Å². The fourth-order valence-electron chi connectivity index (χ4n) is 2.86. The average Bonchev–Trinajstić information content (AvgIpc) is 3.29. The second-order valence-corrected chi connectivity index (χ2v) is 6.43. The predicted molar refractivity (Wildman–Crippen MR) is 102 cm³/mol. The second kappa shape index (κ2) is 8.67. The number of unbranched alkanes of at least 4 members (excludes halogenated alkanes) is 1. The fourth-order valence-corrected chi connectivity index (χ4v) is 2.86. The molecule has 27 heavy (non-hydrogen) atoms. The fraction of sp³-hybridized carbons (Fsp3) is 0.333. The van der Waals surface area contributed by atoms with Crippen molar-refractivity contribution < 1.29 is 14.7 Å². The maximum atomic E-state index is 9.76. The Morgan fingerprint density at radius 3 is 2.89 bits per heavy atom. The summed E-state index contributed by atoms with van der Waals surface area (Å²) in [6.07, 6.45) is 4.21. The zero-order chi connectivity index (χ0) is 19.2. The lowest BCUT2D eigenvalue weighted by molar-refractivity contribution is 0.184. The number of nitrogens with zero attached hydrogens (tertiary/aromatic N) is 3. The molecule has 2 heterocycles. The lowest BCUT2D eigenvalue weighted by atomic mass is 10.0. The maximum Gasteiger partial charge on any atom is 0.167 e. The molecule has 6 nitrogen and oxygen atoms in total. The van der Waals surface area contributed by atoms with Crippen LogP contribution in [0.25, 0.3) is 11.3 Å². The van der Waals surface area contributed by atoms with Crippen molar-refractivity contribution in [1.29, 1.82) is 0 Å². The molecule has 3 aromatic rings. The Hall–Kier alpha value is -2.88. The summed E-state index contributed by atoms with van der Waals surface area (Å²) >= 11 is 0. The first kappa shape index (κ1) is 18.9. The molecule has 6 heteroatoms. The van der Waals surface area contributed by atoms with Gasteiger partial charge < -0.3 is 19.3 Å². The molecule has 1 atom stereocenters. The van der Waals surface area contributed by atoms with Crippen LogP contribution >= 0.6 is 0 Å². The SMILES string of the molecule is Cc1cc(C#CCCCO)ccc1-c1cc(Cn2ccnc2[C@H](C)O)no1. The van der Waals surface area contributed by atoms with Gasteiger partial charge in [-0.25, -0.2) is 4.98 Å². The molecule has 140 valence electrons. The van der Waals surface area contributed by atoms with Gasteiger partial charge in [0.15, 0.2) is 5.76 Å². The average molecular weight is 365 g/mol. The predicted octanol–water partition coefficient (Wildman–Crippen LogP) is 3.07. The minimum Gasteiger partial charge on any atom is -0.396 e. The minimum absolute atomic E-state index is 0.165. The van der Waals surface area contributed by atoms with Gasteiger partial charge in [-0.05, 0) is 44.0 Å². The third-order valence-electron chi connectivity index (χ3n) is 4.20. The van der Waals surface area contributed by atoms with Crippen molar-refractivity contribution in [3.05, 3.63) is 59.3 Å². The van der Waals surface area contributed by atoms with Crippen LogP contribution in [0.4, 0.5) is 0 Å². The van der Waals surface area contributed by atoms with Gasteiger partial charge in [-0.3, -0.25) is 0 Å². The van der Waals surface area contributed by atoms with E-state index in [0.717, 1.165) is 22.4 Å². The summed E-state index contributed by atoms with van der Waals surface area (Å²) in [7, 11) is 0. The van der Waals surface area contributed by atoms with Gasteiger partial charge in [-0.2, -0.15) is 0 Å². The number of hydrogen-bond acceptors (Lipinski definition) is 5. The van der Waals surface area contributed by atoms with Crippen molar-refractivity contribution in [3.8, 4) is 23.2 Å². The molecule has 0 aliphatic rings. The van der Waals surface area contributed by atoms with Crippen LogP contribution in [-0.2, 0) is 6.54 Å². The Morgan fingerprint density at radius 2 is 2.15 bits per heavy atom. The van der Waals surface area contributed by atoms with Crippen LogP contribution in [0.15, 0.2) is 41.2 Å². The number of imidazole rings is 1. The van der Waals surface area contributed by atoms with Crippen molar-refractivity contribution in [3.63, 3.8) is 0 Å². The van der Waals surface area contributed by atoms with Crippen molar-refractivity contribution >= 4 is 0 Å². The molecule has 3 rings (SSSR count). The lowest BCUT2D eigenvalue weighted by Crippen LogP contribution is -2.07. The van der Waals surface area contributed by atoms with Crippen LogP contribution in [0.3, 0.4) is 0 Å². The van der Waals surface area contributed by atoms with Crippen molar-refractivity contribution in [1.82, 2.24) is 14.7 Å². The number of aliphatic hydroxyl groups excluding tert-OH is 2. The minimum atomic E-state index is -0.639. The number of aryl methyl sites for hydroxylation is 1. The van der Waals surface area contributed by atoms with Crippen LogP contribution < -0.4 is 0 Å². The van der Waals surface area contributed by atoms with Crippen molar-refractivity contribution in [2.24, 2.45) is 0 Å². The van der Waals surface area contributed by atoms with Crippen LogP contribution in [-0.4, -0.2) is 31.5 Å². The highest BCUT2D eigenvalue weighted by molar-refractivity contribution is 5.63. The van der Waals surface area contributed by atoms with Gasteiger partial charge in [0.25, 0.3) is 0 Å². The summed E-state index contributed by atoms with van der Waals surface area (Å²) in [4.78, 5) is 4.16. The van der Waals surface area contributed by atoms with Crippen molar-refractivity contribution in [2.75, 3.05) is 6.61 Å². The van der Waals surface area contributed by atoms with E-state index in [1.54, 1.807) is 13.1 Å². The number of benzene rings is 1. The third kappa shape index (κ3) is 4.64. The van der Waals surface area contributed by atoms with E-state index in [4.69, 9.17) is 9.63 Å². The molecule has 0 amide bonds. The number of aromatic nitrogens is 3. The summed E-state index contributed by atoms with van der Waals surface area (Å²) in [5.41, 5.74) is 3.72. The maximum absolute atomic E-state index is 9.76. The van der Waals surface area contributed by atoms with Crippen LogP contribution in [0.2, 0.25) is 0 Å². The molecule has 0 bridgehead atoms. The smallest absolute Gasteiger partial charge is 0.167 e. The van der Waals surface area contributed by atoms with Gasteiger partial charge in [0.05, 0.1) is 6.54 Å². The molecule has 0 spiro atoms. The number of aliphatic hydroxyl groups is 2. The highest BCUT2D eigenvalue weighted by Gasteiger charge is 2.13. The molecule has 0 fully saturated rings. The van der Waals surface area contributed by atoms with E-state index in [0.29, 0.717) is 31.0 Å². The zero-order valence-corrected chi connectivity index (χ0v) is 15.5. The Morgan fingerprint density at radius 1 is 1.30 bits per heavy atom. The molecular formula is C21H23N3O3. The van der Waals surface area contributed by atoms with Gasteiger partial charge in [0.2, 0.25) is 0 Å². The van der Waals surface area contributed by atoms with Crippen molar-refractivity contribution in [2.45, 2.75) is 39.3 Å². The van der Waals surface area contributed by atoms with Gasteiger partial charge in [-0.1, -0.05) is 17.0 Å². The standard InChI is InChI=1S/C21H23N3O3/c1-15-12-17(6-4-3-5-11-25)7-8-19(15)20-13-18(23-27-20)14-24-10-9-22-21(24)16(2)26/h7-10,12-13,16,25-26H,3,5,11,14H2,1-2H3/t16-/m0/s1. The second-order valence-electron chi connectivity index (χ2n) is 6.43. The summed E-state index contributed by atoms with van der Waals surface area (Å²) in [5.74, 6) is 7.46. The summed E-state index contributed by atoms with van der Waals surface area (Å²) in [6.45, 7) is 4.35. The summed E-state index contributed by atoms with van der Waals surface area (Å²) < 4.78 is 7.37. The molecule has 0 unspecified atom stereocenters.